The van der Waals surface area contributed by atoms with Crippen LogP contribution in [-0.2, 0) is 5.41 Å². The van der Waals surface area contributed by atoms with Gasteiger partial charge >= 0.3 is 0 Å². The van der Waals surface area contributed by atoms with Crippen molar-refractivity contribution in [3.05, 3.63) is 47.9 Å². The molecule has 1 N–H and O–H groups in total. The summed E-state index contributed by atoms with van der Waals surface area (Å²) < 4.78 is 0. The summed E-state index contributed by atoms with van der Waals surface area (Å²) in [4.78, 5) is 9.09. The molecular formula is C16H18N2O. The van der Waals surface area contributed by atoms with Crippen molar-refractivity contribution in [1.29, 1.82) is 0 Å². The number of aryl methyl sites for hydroxylation is 1. The smallest absolute Gasteiger partial charge is 0.137 e. The van der Waals surface area contributed by atoms with Gasteiger partial charge in [-0.15, -0.1) is 0 Å². The van der Waals surface area contributed by atoms with E-state index in [1.54, 1.807) is 6.20 Å². The lowest BCUT2D eigenvalue weighted by atomic mass is 9.68. The fraction of sp³-hybridized carbons (Fsp3) is 0.375. The zero-order valence-electron chi connectivity index (χ0n) is 11.1. The number of benzene rings is 1. The maximum atomic E-state index is 9.63. The van der Waals surface area contributed by atoms with Gasteiger partial charge in [0, 0.05) is 11.8 Å². The first-order chi connectivity index (χ1) is 9.25. The number of hydrogen-bond donors (Lipinski definition) is 1. The fourth-order valence-corrected chi connectivity index (χ4v) is 2.68. The van der Waals surface area contributed by atoms with Crippen molar-refractivity contribution in [3.8, 4) is 11.3 Å². The summed E-state index contributed by atoms with van der Waals surface area (Å²) in [6, 6.07) is 10.2. The van der Waals surface area contributed by atoms with Crippen molar-refractivity contribution in [2.45, 2.75) is 31.6 Å². The normalized spacial score (nSPS) is 16.9. The Labute approximate surface area is 113 Å². The summed E-state index contributed by atoms with van der Waals surface area (Å²) in [6.45, 7) is 2.23. The van der Waals surface area contributed by atoms with Crippen LogP contribution in [0, 0.1) is 6.92 Å². The molecule has 98 valence electrons. The molecule has 0 atom stereocenters. The quantitative estimate of drug-likeness (QED) is 0.916. The Hall–Kier alpha value is -1.74. The lowest BCUT2D eigenvalue weighted by Crippen LogP contribution is -2.39. The van der Waals surface area contributed by atoms with E-state index in [1.165, 1.54) is 5.56 Å². The highest BCUT2D eigenvalue weighted by Gasteiger charge is 2.40. The number of aliphatic hydroxyl groups is 1. The molecule has 1 aliphatic rings. The van der Waals surface area contributed by atoms with Gasteiger partial charge in [-0.05, 0) is 31.4 Å². The molecule has 3 nitrogen and oxygen atoms in total. The third-order valence-electron chi connectivity index (χ3n) is 4.16. The first kappa shape index (κ1) is 12.3. The van der Waals surface area contributed by atoms with Crippen LogP contribution in [-0.4, -0.2) is 21.7 Å². The van der Waals surface area contributed by atoms with Gasteiger partial charge in [0.1, 0.15) is 5.82 Å². The predicted molar refractivity (Wildman–Crippen MR) is 74.8 cm³/mol. The van der Waals surface area contributed by atoms with Crippen molar-refractivity contribution >= 4 is 0 Å². The van der Waals surface area contributed by atoms with Crippen LogP contribution in [0.3, 0.4) is 0 Å². The Balaban J connectivity index is 2.03. The summed E-state index contributed by atoms with van der Waals surface area (Å²) >= 11 is 0. The minimum absolute atomic E-state index is 0.143. The molecule has 3 heteroatoms. The molecule has 1 aromatic heterocycles. The topological polar surface area (TPSA) is 46.0 Å². The molecule has 0 bridgehead atoms. The van der Waals surface area contributed by atoms with Gasteiger partial charge in [0.05, 0.1) is 17.7 Å². The SMILES string of the molecule is Cc1ccccc1-c1ccnc(C2(CO)CCC2)n1. The Morgan fingerprint density at radius 2 is 2.00 bits per heavy atom. The van der Waals surface area contributed by atoms with E-state index in [-0.39, 0.29) is 12.0 Å². The number of aliphatic hydroxyl groups excluding tert-OH is 1. The zero-order valence-corrected chi connectivity index (χ0v) is 11.1. The molecule has 0 aliphatic heterocycles. The molecule has 1 saturated carbocycles. The summed E-state index contributed by atoms with van der Waals surface area (Å²) in [5, 5.41) is 9.63. The van der Waals surface area contributed by atoms with Gasteiger partial charge < -0.3 is 5.11 Å². The van der Waals surface area contributed by atoms with Crippen LogP contribution in [0.4, 0.5) is 0 Å². The highest BCUT2D eigenvalue weighted by molar-refractivity contribution is 5.63. The summed E-state index contributed by atoms with van der Waals surface area (Å²) in [6.07, 6.45) is 4.93. The van der Waals surface area contributed by atoms with Crippen LogP contribution in [0.5, 0.6) is 0 Å². The van der Waals surface area contributed by atoms with Crippen LogP contribution in [0.1, 0.15) is 30.7 Å². The summed E-state index contributed by atoms with van der Waals surface area (Å²) in [5.74, 6) is 0.794. The van der Waals surface area contributed by atoms with E-state index >= 15 is 0 Å². The first-order valence-electron chi connectivity index (χ1n) is 6.76. The largest absolute Gasteiger partial charge is 0.395 e. The molecule has 1 aromatic carbocycles. The van der Waals surface area contributed by atoms with Gasteiger partial charge in [-0.1, -0.05) is 30.7 Å². The van der Waals surface area contributed by atoms with Gasteiger partial charge in [0.25, 0.3) is 0 Å². The lowest BCUT2D eigenvalue weighted by molar-refractivity contribution is 0.112. The van der Waals surface area contributed by atoms with Crippen LogP contribution >= 0.6 is 0 Å². The first-order valence-corrected chi connectivity index (χ1v) is 6.76. The fourth-order valence-electron chi connectivity index (χ4n) is 2.68. The zero-order chi connectivity index (χ0) is 13.3. The monoisotopic (exact) mass is 254 g/mol. The van der Waals surface area contributed by atoms with E-state index in [9.17, 15) is 5.11 Å². The molecule has 2 aromatic rings. The van der Waals surface area contributed by atoms with Crippen LogP contribution in [0.25, 0.3) is 11.3 Å². The second kappa shape index (κ2) is 4.74. The molecule has 0 saturated heterocycles. The van der Waals surface area contributed by atoms with E-state index in [4.69, 9.17) is 4.98 Å². The lowest BCUT2D eigenvalue weighted by Gasteiger charge is -2.38. The highest BCUT2D eigenvalue weighted by Crippen LogP contribution is 2.41. The molecule has 0 unspecified atom stereocenters. The Kier molecular flexibility index (Phi) is 3.07. The average Bonchev–Trinajstić information content (AvgIpc) is 2.39. The number of aromatic nitrogens is 2. The molecule has 3 rings (SSSR count). The summed E-state index contributed by atoms with van der Waals surface area (Å²) in [7, 11) is 0. The molecule has 19 heavy (non-hydrogen) atoms. The minimum Gasteiger partial charge on any atom is -0.395 e. The molecule has 0 spiro atoms. The van der Waals surface area contributed by atoms with Crippen molar-refractivity contribution in [2.24, 2.45) is 0 Å². The molecule has 0 amide bonds. The molecule has 1 heterocycles. The summed E-state index contributed by atoms with van der Waals surface area (Å²) in [5.41, 5.74) is 3.10. The molecule has 0 radical (unpaired) electrons. The van der Waals surface area contributed by atoms with Gasteiger partial charge in [-0.2, -0.15) is 0 Å². The van der Waals surface area contributed by atoms with E-state index in [0.29, 0.717) is 0 Å². The van der Waals surface area contributed by atoms with Gasteiger partial charge in [-0.3, -0.25) is 0 Å². The van der Waals surface area contributed by atoms with E-state index in [1.807, 2.05) is 18.2 Å². The van der Waals surface area contributed by atoms with Crippen LogP contribution < -0.4 is 0 Å². The van der Waals surface area contributed by atoms with Crippen LogP contribution in [0.15, 0.2) is 36.5 Å². The second-order valence-electron chi connectivity index (χ2n) is 5.37. The minimum atomic E-state index is -0.196. The Bertz CT molecular complexity index is 585. The maximum absolute atomic E-state index is 9.63. The Morgan fingerprint density at radius 3 is 2.63 bits per heavy atom. The maximum Gasteiger partial charge on any atom is 0.137 e. The van der Waals surface area contributed by atoms with E-state index in [0.717, 1.165) is 36.3 Å². The van der Waals surface area contributed by atoms with Gasteiger partial charge in [0.2, 0.25) is 0 Å². The predicted octanol–water partition coefficient (Wildman–Crippen LogP) is 2.87. The van der Waals surface area contributed by atoms with E-state index < -0.39 is 0 Å². The number of rotatable bonds is 3. The second-order valence-corrected chi connectivity index (χ2v) is 5.37. The standard InChI is InChI=1S/C16H18N2O/c1-12-5-2-3-6-13(12)14-7-10-17-15(18-14)16(11-19)8-4-9-16/h2-3,5-7,10,19H,4,8-9,11H2,1H3. The number of hydrogen-bond acceptors (Lipinski definition) is 3. The highest BCUT2D eigenvalue weighted by atomic mass is 16.3. The molecular weight excluding hydrogens is 236 g/mol. The van der Waals surface area contributed by atoms with Crippen molar-refractivity contribution < 1.29 is 5.11 Å². The van der Waals surface area contributed by atoms with Crippen molar-refractivity contribution in [1.82, 2.24) is 9.97 Å². The van der Waals surface area contributed by atoms with Gasteiger partial charge in [0.15, 0.2) is 0 Å². The van der Waals surface area contributed by atoms with Gasteiger partial charge in [-0.25, -0.2) is 9.97 Å². The molecule has 1 fully saturated rings. The average molecular weight is 254 g/mol. The van der Waals surface area contributed by atoms with E-state index in [2.05, 4.69) is 24.0 Å². The third kappa shape index (κ3) is 2.04. The molecule has 1 aliphatic carbocycles. The Morgan fingerprint density at radius 1 is 1.21 bits per heavy atom. The third-order valence-corrected chi connectivity index (χ3v) is 4.16. The van der Waals surface area contributed by atoms with Crippen molar-refractivity contribution in [2.75, 3.05) is 6.61 Å². The number of nitrogens with zero attached hydrogens (tertiary/aromatic N) is 2. The van der Waals surface area contributed by atoms with Crippen LogP contribution in [0.2, 0.25) is 0 Å². The van der Waals surface area contributed by atoms with Crippen molar-refractivity contribution in [3.63, 3.8) is 0 Å².